The van der Waals surface area contributed by atoms with Gasteiger partial charge in [0.25, 0.3) is 0 Å². The van der Waals surface area contributed by atoms with Crippen LogP contribution in [0.2, 0.25) is 0 Å². The monoisotopic (exact) mass is 197 g/mol. The summed E-state index contributed by atoms with van der Waals surface area (Å²) in [6.45, 7) is 5.21. The number of aliphatic hydroxyl groups excluding tert-OH is 1. The number of nitrogens with zero attached hydrogens (tertiary/aromatic N) is 1. The van der Waals surface area contributed by atoms with E-state index in [1.165, 1.54) is 45.2 Å². The van der Waals surface area contributed by atoms with Crippen molar-refractivity contribution in [3.8, 4) is 0 Å². The van der Waals surface area contributed by atoms with Gasteiger partial charge in [0.05, 0.1) is 0 Å². The second kappa shape index (κ2) is 4.19. The van der Waals surface area contributed by atoms with Crippen molar-refractivity contribution in [1.82, 2.24) is 4.90 Å². The van der Waals surface area contributed by atoms with E-state index in [1.54, 1.807) is 0 Å². The minimum absolute atomic E-state index is 0.349. The fourth-order valence-electron chi connectivity index (χ4n) is 3.31. The van der Waals surface area contributed by atoms with E-state index in [0.717, 1.165) is 6.42 Å². The lowest BCUT2D eigenvalue weighted by Gasteiger charge is -2.52. The lowest BCUT2D eigenvalue weighted by molar-refractivity contribution is -0.0339. The predicted octanol–water partition coefficient (Wildman–Crippen LogP) is 2.02. The fourth-order valence-corrected chi connectivity index (χ4v) is 3.31. The van der Waals surface area contributed by atoms with E-state index < -0.39 is 0 Å². The summed E-state index contributed by atoms with van der Waals surface area (Å²) in [7, 11) is 0. The van der Waals surface area contributed by atoms with Crippen LogP contribution >= 0.6 is 0 Å². The maximum Gasteiger partial charge on any atom is 0.0445 e. The van der Waals surface area contributed by atoms with Crippen molar-refractivity contribution < 1.29 is 5.11 Å². The van der Waals surface area contributed by atoms with Gasteiger partial charge in [-0.1, -0.05) is 19.8 Å². The van der Waals surface area contributed by atoms with E-state index in [-0.39, 0.29) is 0 Å². The van der Waals surface area contributed by atoms with E-state index in [9.17, 15) is 0 Å². The molecule has 2 nitrogen and oxygen atoms in total. The normalized spacial score (nSPS) is 27.9. The molecule has 0 bridgehead atoms. The van der Waals surface area contributed by atoms with E-state index >= 15 is 0 Å². The molecule has 1 aliphatic heterocycles. The van der Waals surface area contributed by atoms with Gasteiger partial charge >= 0.3 is 0 Å². The van der Waals surface area contributed by atoms with Crippen LogP contribution in [0.3, 0.4) is 0 Å². The van der Waals surface area contributed by atoms with E-state index in [2.05, 4.69) is 11.8 Å². The molecule has 14 heavy (non-hydrogen) atoms. The number of hydrogen-bond donors (Lipinski definition) is 1. The number of aliphatic hydroxyl groups is 1. The van der Waals surface area contributed by atoms with Crippen LogP contribution in [0.1, 0.15) is 45.4 Å². The summed E-state index contributed by atoms with van der Waals surface area (Å²) in [4.78, 5) is 2.58. The molecular formula is C12H23NO. The molecule has 2 aliphatic rings. The van der Waals surface area contributed by atoms with Crippen molar-refractivity contribution >= 4 is 0 Å². The Kier molecular flexibility index (Phi) is 3.13. The molecule has 2 heteroatoms. The molecule has 1 atom stereocenters. The number of hydrogen-bond acceptors (Lipinski definition) is 2. The minimum Gasteiger partial charge on any atom is -0.396 e. The molecule has 0 amide bonds. The van der Waals surface area contributed by atoms with Gasteiger partial charge < -0.3 is 5.11 Å². The van der Waals surface area contributed by atoms with Crippen molar-refractivity contribution in [2.75, 3.05) is 19.7 Å². The third-order valence-corrected chi connectivity index (χ3v) is 4.19. The van der Waals surface area contributed by atoms with E-state index in [1.807, 2.05) is 0 Å². The Morgan fingerprint density at radius 2 is 1.93 bits per heavy atom. The van der Waals surface area contributed by atoms with Crippen LogP contribution < -0.4 is 0 Å². The van der Waals surface area contributed by atoms with Crippen molar-refractivity contribution in [3.63, 3.8) is 0 Å². The number of rotatable bonds is 4. The Balaban J connectivity index is 1.79. The Morgan fingerprint density at radius 1 is 1.29 bits per heavy atom. The molecule has 82 valence electrons. The van der Waals surface area contributed by atoms with E-state index in [4.69, 9.17) is 5.11 Å². The summed E-state index contributed by atoms with van der Waals surface area (Å²) in [5.41, 5.74) is 0.711. The van der Waals surface area contributed by atoms with Gasteiger partial charge in [-0.3, -0.25) is 4.90 Å². The third-order valence-electron chi connectivity index (χ3n) is 4.19. The maximum atomic E-state index is 8.97. The minimum atomic E-state index is 0.349. The molecule has 1 N–H and O–H groups in total. The van der Waals surface area contributed by atoms with Gasteiger partial charge in [0, 0.05) is 25.7 Å². The summed E-state index contributed by atoms with van der Waals surface area (Å²) in [5, 5.41) is 8.97. The Morgan fingerprint density at radius 3 is 2.43 bits per heavy atom. The SMILES string of the molecule is CCC(CCO)N1CC2(CCCC2)C1. The summed E-state index contributed by atoms with van der Waals surface area (Å²) < 4.78 is 0. The highest BCUT2D eigenvalue weighted by Crippen LogP contribution is 2.46. The quantitative estimate of drug-likeness (QED) is 0.745. The van der Waals surface area contributed by atoms with Crippen LogP contribution in [0.5, 0.6) is 0 Å². The smallest absolute Gasteiger partial charge is 0.0445 e. The molecule has 1 saturated heterocycles. The second-order valence-corrected chi connectivity index (χ2v) is 5.19. The second-order valence-electron chi connectivity index (χ2n) is 5.19. The Bertz CT molecular complexity index is 179. The molecule has 1 unspecified atom stereocenters. The lowest BCUT2D eigenvalue weighted by Crippen LogP contribution is -2.58. The molecule has 0 aromatic carbocycles. The summed E-state index contributed by atoms with van der Waals surface area (Å²) in [5.74, 6) is 0. The molecule has 0 radical (unpaired) electrons. The van der Waals surface area contributed by atoms with Crippen LogP contribution in [0.25, 0.3) is 0 Å². The van der Waals surface area contributed by atoms with Gasteiger partial charge in [-0.05, 0) is 31.1 Å². The van der Waals surface area contributed by atoms with Gasteiger partial charge in [-0.2, -0.15) is 0 Å². The van der Waals surface area contributed by atoms with Gasteiger partial charge in [0.2, 0.25) is 0 Å². The predicted molar refractivity (Wildman–Crippen MR) is 58.3 cm³/mol. The standard InChI is InChI=1S/C12H23NO/c1-2-11(5-8-14)13-9-12(10-13)6-3-4-7-12/h11,14H,2-10H2,1H3. The van der Waals surface area contributed by atoms with Crippen LogP contribution in [-0.2, 0) is 0 Å². The molecule has 1 saturated carbocycles. The first-order chi connectivity index (χ1) is 6.79. The summed E-state index contributed by atoms with van der Waals surface area (Å²) in [6.07, 6.45) is 7.97. The first-order valence-electron chi connectivity index (χ1n) is 6.14. The highest BCUT2D eigenvalue weighted by Gasteiger charge is 2.46. The molecule has 0 aromatic rings. The molecule has 2 rings (SSSR count). The van der Waals surface area contributed by atoms with Gasteiger partial charge in [0.1, 0.15) is 0 Å². The zero-order valence-corrected chi connectivity index (χ0v) is 9.34. The van der Waals surface area contributed by atoms with Crippen LogP contribution in [0.4, 0.5) is 0 Å². The Hall–Kier alpha value is -0.0800. The van der Waals surface area contributed by atoms with Crippen LogP contribution in [0, 0.1) is 5.41 Å². The van der Waals surface area contributed by atoms with E-state index in [0.29, 0.717) is 18.1 Å². The zero-order valence-electron chi connectivity index (χ0n) is 9.34. The highest BCUT2D eigenvalue weighted by atomic mass is 16.3. The average Bonchev–Trinajstić information content (AvgIpc) is 2.60. The summed E-state index contributed by atoms with van der Waals surface area (Å²) >= 11 is 0. The van der Waals surface area contributed by atoms with Crippen molar-refractivity contribution in [3.05, 3.63) is 0 Å². The molecule has 1 aliphatic carbocycles. The first-order valence-corrected chi connectivity index (χ1v) is 6.14. The number of likely N-dealkylation sites (tertiary alicyclic amines) is 1. The van der Waals surface area contributed by atoms with Crippen molar-refractivity contribution in [2.45, 2.75) is 51.5 Å². The molecule has 0 aromatic heterocycles. The first kappa shape index (κ1) is 10.4. The largest absolute Gasteiger partial charge is 0.396 e. The van der Waals surface area contributed by atoms with Crippen LogP contribution in [-0.4, -0.2) is 35.7 Å². The average molecular weight is 197 g/mol. The lowest BCUT2D eigenvalue weighted by atomic mass is 9.77. The van der Waals surface area contributed by atoms with Crippen molar-refractivity contribution in [1.29, 1.82) is 0 Å². The third kappa shape index (κ3) is 1.82. The maximum absolute atomic E-state index is 8.97. The summed E-state index contributed by atoms with van der Waals surface area (Å²) in [6, 6.07) is 0.645. The molecular weight excluding hydrogens is 174 g/mol. The Labute approximate surface area is 87.3 Å². The molecule has 1 spiro atoms. The zero-order chi connectivity index (χ0) is 10.0. The highest BCUT2D eigenvalue weighted by molar-refractivity contribution is 4.99. The molecule has 1 heterocycles. The van der Waals surface area contributed by atoms with Crippen molar-refractivity contribution in [2.24, 2.45) is 5.41 Å². The molecule has 2 fully saturated rings. The fraction of sp³-hybridized carbons (Fsp3) is 1.00. The van der Waals surface area contributed by atoms with Gasteiger partial charge in [0.15, 0.2) is 0 Å². The van der Waals surface area contributed by atoms with Gasteiger partial charge in [-0.15, -0.1) is 0 Å². The van der Waals surface area contributed by atoms with Crippen LogP contribution in [0.15, 0.2) is 0 Å². The van der Waals surface area contributed by atoms with Gasteiger partial charge in [-0.25, -0.2) is 0 Å². The topological polar surface area (TPSA) is 23.5 Å².